The average Bonchev–Trinajstić information content (AvgIpc) is 2.97. The highest BCUT2D eigenvalue weighted by molar-refractivity contribution is 6.31. The minimum Gasteiger partial charge on any atom is -0.342 e. The van der Waals surface area contributed by atoms with E-state index in [1.54, 1.807) is 0 Å². The van der Waals surface area contributed by atoms with Crippen LogP contribution in [0.3, 0.4) is 0 Å². The van der Waals surface area contributed by atoms with Gasteiger partial charge in [0, 0.05) is 30.7 Å². The van der Waals surface area contributed by atoms with Crippen LogP contribution in [0, 0.1) is 5.92 Å². The second-order valence-electron chi connectivity index (χ2n) is 5.79. The number of hydrazine groups is 1. The molecule has 0 aromatic heterocycles. The Balaban J connectivity index is 0.00000176. The molecule has 0 aliphatic carbocycles. The van der Waals surface area contributed by atoms with Crippen LogP contribution in [0.4, 0.5) is 0 Å². The molecular weight excluding hydrogens is 323 g/mol. The maximum absolute atomic E-state index is 12.8. The van der Waals surface area contributed by atoms with Gasteiger partial charge < -0.3 is 10.6 Å². The number of nitrogens with one attached hydrogen (secondary N) is 2. The summed E-state index contributed by atoms with van der Waals surface area (Å²) >= 11 is 6.27. The van der Waals surface area contributed by atoms with Crippen LogP contribution in [0.25, 0.3) is 0 Å². The fraction of sp³-hybridized carbons (Fsp3) is 0.533. The normalized spacial score (nSPS) is 25.8. The summed E-state index contributed by atoms with van der Waals surface area (Å²) in [5.41, 5.74) is 13.2. The van der Waals surface area contributed by atoms with E-state index in [9.17, 15) is 4.79 Å². The summed E-state index contributed by atoms with van der Waals surface area (Å²) in [5.74, 6) is 0.0588. The van der Waals surface area contributed by atoms with Gasteiger partial charge in [-0.15, -0.1) is 12.4 Å². The Morgan fingerprint density at radius 2 is 1.95 bits per heavy atom. The van der Waals surface area contributed by atoms with Gasteiger partial charge in [-0.3, -0.25) is 10.2 Å². The van der Waals surface area contributed by atoms with Gasteiger partial charge in [-0.05, 0) is 24.5 Å². The Morgan fingerprint density at radius 1 is 1.27 bits per heavy atom. The molecule has 2 atom stereocenters. The highest BCUT2D eigenvalue weighted by Crippen LogP contribution is 2.31. The summed E-state index contributed by atoms with van der Waals surface area (Å²) in [5, 5.41) is 0.692. The summed E-state index contributed by atoms with van der Waals surface area (Å²) < 4.78 is 0. The molecule has 5 nitrogen and oxygen atoms in total. The number of carbonyl (C=O) groups excluding carboxylic acids is 1. The first-order valence-corrected chi connectivity index (χ1v) is 7.82. The van der Waals surface area contributed by atoms with Gasteiger partial charge in [0.05, 0.1) is 12.0 Å². The molecule has 0 spiro atoms. The molecule has 22 heavy (non-hydrogen) atoms. The predicted molar refractivity (Wildman–Crippen MR) is 89.9 cm³/mol. The van der Waals surface area contributed by atoms with E-state index in [1.165, 1.54) is 0 Å². The predicted octanol–water partition coefficient (Wildman–Crippen LogP) is 1.48. The molecule has 2 unspecified atom stereocenters. The zero-order valence-corrected chi connectivity index (χ0v) is 13.9. The highest BCUT2D eigenvalue weighted by atomic mass is 35.5. The molecule has 0 bridgehead atoms. The van der Waals surface area contributed by atoms with Gasteiger partial charge in [-0.1, -0.05) is 29.8 Å². The first kappa shape index (κ1) is 17.5. The van der Waals surface area contributed by atoms with E-state index in [0.29, 0.717) is 11.6 Å². The molecule has 7 heteroatoms. The molecule has 2 aliphatic rings. The number of nitrogens with zero attached hydrogens (tertiary/aromatic N) is 1. The Kier molecular flexibility index (Phi) is 6.06. The van der Waals surface area contributed by atoms with Crippen LogP contribution in [0.15, 0.2) is 24.3 Å². The van der Waals surface area contributed by atoms with E-state index in [1.807, 2.05) is 29.2 Å². The first-order valence-electron chi connectivity index (χ1n) is 7.44. The minimum atomic E-state index is -0.126. The number of piperidine rings is 1. The molecule has 3 rings (SSSR count). The van der Waals surface area contributed by atoms with Gasteiger partial charge in [0.2, 0.25) is 5.91 Å². The van der Waals surface area contributed by atoms with Crippen LogP contribution in [-0.2, 0) is 4.79 Å². The molecule has 4 N–H and O–H groups in total. The van der Waals surface area contributed by atoms with Gasteiger partial charge in [0.25, 0.3) is 0 Å². The second-order valence-corrected chi connectivity index (χ2v) is 6.20. The molecule has 2 aliphatic heterocycles. The van der Waals surface area contributed by atoms with Crippen molar-refractivity contribution >= 4 is 29.9 Å². The maximum Gasteiger partial charge on any atom is 0.229 e. The second kappa shape index (κ2) is 7.62. The van der Waals surface area contributed by atoms with E-state index in [-0.39, 0.29) is 36.3 Å². The molecule has 1 aromatic carbocycles. The van der Waals surface area contributed by atoms with Crippen LogP contribution in [0.1, 0.15) is 24.4 Å². The lowest BCUT2D eigenvalue weighted by atomic mass is 9.92. The van der Waals surface area contributed by atoms with Crippen molar-refractivity contribution < 1.29 is 4.79 Å². The van der Waals surface area contributed by atoms with E-state index in [4.69, 9.17) is 17.3 Å². The van der Waals surface area contributed by atoms with Crippen LogP contribution in [0.2, 0.25) is 5.02 Å². The number of likely N-dealkylation sites (tertiary alicyclic amines) is 1. The number of carbonyl (C=O) groups is 1. The van der Waals surface area contributed by atoms with E-state index >= 15 is 0 Å². The topological polar surface area (TPSA) is 70.4 Å². The van der Waals surface area contributed by atoms with Crippen molar-refractivity contribution in [2.75, 3.05) is 19.6 Å². The smallest absolute Gasteiger partial charge is 0.229 e. The third-order valence-electron chi connectivity index (χ3n) is 4.39. The number of hydrogen-bond donors (Lipinski definition) is 3. The van der Waals surface area contributed by atoms with Crippen LogP contribution >= 0.6 is 24.0 Å². The van der Waals surface area contributed by atoms with Crippen LogP contribution in [0.5, 0.6) is 0 Å². The SMILES string of the molecule is Cl.NC1CCN(C(=O)C2CNNC2c2ccccc2Cl)CC1. The Morgan fingerprint density at radius 3 is 2.64 bits per heavy atom. The molecule has 1 amide bonds. The molecule has 122 valence electrons. The largest absolute Gasteiger partial charge is 0.342 e. The van der Waals surface area contributed by atoms with Crippen molar-refractivity contribution in [2.45, 2.75) is 24.9 Å². The summed E-state index contributed by atoms with van der Waals surface area (Å²) in [7, 11) is 0. The summed E-state index contributed by atoms with van der Waals surface area (Å²) in [4.78, 5) is 14.7. The van der Waals surface area contributed by atoms with Gasteiger partial charge in [0.15, 0.2) is 0 Å². The fourth-order valence-electron chi connectivity index (χ4n) is 3.10. The molecule has 1 aromatic rings. The monoisotopic (exact) mass is 344 g/mol. The lowest BCUT2D eigenvalue weighted by Gasteiger charge is -2.33. The fourth-order valence-corrected chi connectivity index (χ4v) is 3.36. The van der Waals surface area contributed by atoms with Crippen LogP contribution < -0.4 is 16.6 Å². The minimum absolute atomic E-state index is 0. The standard InChI is InChI=1S/C15H21ClN4O.ClH/c16-13-4-2-1-3-11(13)14-12(9-18-19-14)15(21)20-7-5-10(17)6-8-20;/h1-4,10,12,14,18-19H,5-9,17H2;1H. The molecule has 2 fully saturated rings. The lowest BCUT2D eigenvalue weighted by Crippen LogP contribution is -2.46. The number of amides is 1. The average molecular weight is 345 g/mol. The Labute approximate surface area is 141 Å². The van der Waals surface area contributed by atoms with E-state index in [2.05, 4.69) is 10.9 Å². The molecule has 2 heterocycles. The molecule has 2 saturated heterocycles. The number of hydrogen-bond acceptors (Lipinski definition) is 4. The summed E-state index contributed by atoms with van der Waals surface area (Å²) in [6.45, 7) is 2.13. The number of rotatable bonds is 2. The van der Waals surface area contributed by atoms with E-state index < -0.39 is 0 Å². The van der Waals surface area contributed by atoms with Crippen LogP contribution in [-0.4, -0.2) is 36.5 Å². The summed E-state index contributed by atoms with van der Waals surface area (Å²) in [6.07, 6.45) is 1.77. The quantitative estimate of drug-likeness (QED) is 0.759. The molecule has 0 radical (unpaired) electrons. The van der Waals surface area contributed by atoms with E-state index in [0.717, 1.165) is 31.5 Å². The van der Waals surface area contributed by atoms with Gasteiger partial charge in [-0.2, -0.15) is 0 Å². The number of benzene rings is 1. The molecule has 0 saturated carbocycles. The van der Waals surface area contributed by atoms with Crippen molar-refractivity contribution in [1.82, 2.24) is 15.8 Å². The van der Waals surface area contributed by atoms with Gasteiger partial charge in [0.1, 0.15) is 0 Å². The summed E-state index contributed by atoms with van der Waals surface area (Å²) in [6, 6.07) is 7.83. The van der Waals surface area contributed by atoms with Crippen molar-refractivity contribution in [3.63, 3.8) is 0 Å². The third-order valence-corrected chi connectivity index (χ3v) is 4.73. The van der Waals surface area contributed by atoms with Crippen molar-refractivity contribution in [2.24, 2.45) is 11.7 Å². The zero-order chi connectivity index (χ0) is 14.8. The number of halogens is 2. The maximum atomic E-state index is 12.8. The van der Waals surface area contributed by atoms with Gasteiger partial charge >= 0.3 is 0 Å². The zero-order valence-electron chi connectivity index (χ0n) is 12.3. The third kappa shape index (κ3) is 3.55. The van der Waals surface area contributed by atoms with Crippen molar-refractivity contribution in [1.29, 1.82) is 0 Å². The Bertz CT molecular complexity index is 520. The molecular formula is C15H22Cl2N4O. The number of nitrogens with two attached hydrogens (primary N) is 1. The first-order chi connectivity index (χ1) is 10.2. The van der Waals surface area contributed by atoms with Gasteiger partial charge in [-0.25, -0.2) is 5.43 Å². The van der Waals surface area contributed by atoms with Crippen molar-refractivity contribution in [3.8, 4) is 0 Å². The highest BCUT2D eigenvalue weighted by Gasteiger charge is 2.37. The Hall–Kier alpha value is -0.850. The lowest BCUT2D eigenvalue weighted by molar-refractivity contribution is -0.136. The van der Waals surface area contributed by atoms with Crippen molar-refractivity contribution in [3.05, 3.63) is 34.9 Å².